The summed E-state index contributed by atoms with van der Waals surface area (Å²) in [6.45, 7) is 1.83. The van der Waals surface area contributed by atoms with Crippen LogP contribution in [0.3, 0.4) is 0 Å². The maximum absolute atomic E-state index is 11.8. The lowest BCUT2D eigenvalue weighted by Crippen LogP contribution is -2.13. The van der Waals surface area contributed by atoms with Crippen LogP contribution in [-0.4, -0.2) is 27.1 Å². The molecule has 0 radical (unpaired) electrons. The molecule has 0 amide bonds. The number of rotatable bonds is 5. The Hall–Kier alpha value is -2.41. The lowest BCUT2D eigenvalue weighted by atomic mass is 10.2. The van der Waals surface area contributed by atoms with E-state index in [2.05, 4.69) is 4.98 Å². The molecule has 0 aliphatic heterocycles. The van der Waals surface area contributed by atoms with Gasteiger partial charge in [0.15, 0.2) is 5.82 Å². The van der Waals surface area contributed by atoms with Gasteiger partial charge in [-0.2, -0.15) is 0 Å². The van der Waals surface area contributed by atoms with Crippen LogP contribution < -0.4 is 0 Å². The van der Waals surface area contributed by atoms with Crippen molar-refractivity contribution in [3.63, 3.8) is 0 Å². The summed E-state index contributed by atoms with van der Waals surface area (Å²) in [5.41, 5.74) is 0.372. The number of nitro groups is 1. The van der Waals surface area contributed by atoms with Crippen molar-refractivity contribution in [3.8, 4) is 0 Å². The standard InChI is InChI=1S/C13H12ClN3O4/c1-9-15-8-12(17(19)20)16(9)6-7-21-13(18)10-2-4-11(14)5-3-10/h2-5,8H,6-7H2,1H3. The summed E-state index contributed by atoms with van der Waals surface area (Å²) in [5, 5.41) is 11.3. The first-order valence-corrected chi connectivity index (χ1v) is 6.46. The molecule has 0 saturated heterocycles. The van der Waals surface area contributed by atoms with Crippen LogP contribution in [0.15, 0.2) is 30.5 Å². The zero-order valence-electron chi connectivity index (χ0n) is 11.2. The highest BCUT2D eigenvalue weighted by Crippen LogP contribution is 2.14. The van der Waals surface area contributed by atoms with Gasteiger partial charge in [0.1, 0.15) is 19.3 Å². The van der Waals surface area contributed by atoms with Crippen LogP contribution in [0.1, 0.15) is 16.2 Å². The van der Waals surface area contributed by atoms with E-state index in [0.717, 1.165) is 0 Å². The average molecular weight is 310 g/mol. The number of ether oxygens (including phenoxy) is 1. The largest absolute Gasteiger partial charge is 0.458 e. The van der Waals surface area contributed by atoms with Gasteiger partial charge in [0.25, 0.3) is 0 Å². The summed E-state index contributed by atoms with van der Waals surface area (Å²) in [7, 11) is 0. The molecule has 1 heterocycles. The Labute approximate surface area is 125 Å². The highest BCUT2D eigenvalue weighted by atomic mass is 35.5. The number of benzene rings is 1. The first-order chi connectivity index (χ1) is 9.99. The van der Waals surface area contributed by atoms with Crippen LogP contribution in [0.2, 0.25) is 5.02 Å². The Morgan fingerprint density at radius 1 is 1.43 bits per heavy atom. The number of aryl methyl sites for hydroxylation is 1. The third kappa shape index (κ3) is 3.57. The highest BCUT2D eigenvalue weighted by molar-refractivity contribution is 6.30. The van der Waals surface area contributed by atoms with Crippen molar-refractivity contribution in [1.82, 2.24) is 9.55 Å². The van der Waals surface area contributed by atoms with Gasteiger partial charge in [-0.15, -0.1) is 0 Å². The summed E-state index contributed by atoms with van der Waals surface area (Å²) < 4.78 is 6.46. The normalized spacial score (nSPS) is 10.4. The molecule has 21 heavy (non-hydrogen) atoms. The Kier molecular flexibility index (Phi) is 4.54. The number of carbonyl (C=O) groups excluding carboxylic acids is 1. The number of imidazole rings is 1. The third-order valence-corrected chi connectivity index (χ3v) is 3.10. The maximum atomic E-state index is 11.8. The fraction of sp³-hybridized carbons (Fsp3) is 0.231. The molecule has 1 aromatic carbocycles. The summed E-state index contributed by atoms with van der Waals surface area (Å²) in [6.07, 6.45) is 1.18. The van der Waals surface area contributed by atoms with Crippen LogP contribution in [0.5, 0.6) is 0 Å². The minimum absolute atomic E-state index is 0.0134. The van der Waals surface area contributed by atoms with Gasteiger partial charge in [0.2, 0.25) is 0 Å². The molecule has 0 saturated carbocycles. The molecule has 0 bridgehead atoms. The third-order valence-electron chi connectivity index (χ3n) is 2.85. The van der Waals surface area contributed by atoms with E-state index < -0.39 is 10.9 Å². The summed E-state index contributed by atoms with van der Waals surface area (Å²) in [5.74, 6) is -0.147. The molecular weight excluding hydrogens is 298 g/mol. The second kappa shape index (κ2) is 6.36. The van der Waals surface area contributed by atoms with Crippen molar-refractivity contribution in [2.75, 3.05) is 6.61 Å². The number of aromatic nitrogens is 2. The molecule has 7 nitrogen and oxygen atoms in total. The summed E-state index contributed by atoms with van der Waals surface area (Å²) in [6, 6.07) is 6.27. The van der Waals surface area contributed by atoms with E-state index in [-0.39, 0.29) is 19.0 Å². The second-order valence-corrected chi connectivity index (χ2v) is 4.65. The van der Waals surface area contributed by atoms with Gasteiger partial charge >= 0.3 is 11.8 Å². The Bertz CT molecular complexity index is 667. The van der Waals surface area contributed by atoms with Crippen LogP contribution in [0.4, 0.5) is 5.82 Å². The first kappa shape index (κ1) is 15.0. The zero-order valence-corrected chi connectivity index (χ0v) is 11.9. The lowest BCUT2D eigenvalue weighted by Gasteiger charge is -2.05. The lowest BCUT2D eigenvalue weighted by molar-refractivity contribution is -0.392. The van der Waals surface area contributed by atoms with Crippen LogP contribution in [-0.2, 0) is 11.3 Å². The molecule has 0 unspecified atom stereocenters. The van der Waals surface area contributed by atoms with Crippen molar-refractivity contribution in [2.45, 2.75) is 13.5 Å². The Morgan fingerprint density at radius 3 is 2.71 bits per heavy atom. The Balaban J connectivity index is 1.95. The predicted octanol–water partition coefficient (Wildman–Crippen LogP) is 2.61. The van der Waals surface area contributed by atoms with E-state index in [1.807, 2.05) is 0 Å². The van der Waals surface area contributed by atoms with Crippen molar-refractivity contribution >= 4 is 23.4 Å². The molecule has 0 N–H and O–H groups in total. The predicted molar refractivity (Wildman–Crippen MR) is 75.4 cm³/mol. The molecule has 0 aliphatic carbocycles. The van der Waals surface area contributed by atoms with Gasteiger partial charge in [-0.05, 0) is 29.2 Å². The zero-order chi connectivity index (χ0) is 15.4. The van der Waals surface area contributed by atoms with Gasteiger partial charge in [-0.25, -0.2) is 14.3 Å². The number of hydrogen-bond donors (Lipinski definition) is 0. The van der Waals surface area contributed by atoms with Crippen molar-refractivity contribution in [1.29, 1.82) is 0 Å². The van der Waals surface area contributed by atoms with Gasteiger partial charge in [0.05, 0.1) is 5.56 Å². The van der Waals surface area contributed by atoms with Gasteiger partial charge < -0.3 is 14.9 Å². The number of hydrogen-bond acceptors (Lipinski definition) is 5. The minimum atomic E-state index is -0.527. The van der Waals surface area contributed by atoms with Gasteiger partial charge in [-0.3, -0.25) is 0 Å². The molecular formula is C13H12ClN3O4. The molecule has 8 heteroatoms. The van der Waals surface area contributed by atoms with Crippen LogP contribution in [0, 0.1) is 17.0 Å². The van der Waals surface area contributed by atoms with Gasteiger partial charge in [0, 0.05) is 11.9 Å². The monoisotopic (exact) mass is 309 g/mol. The van der Waals surface area contributed by atoms with Crippen molar-refractivity contribution < 1.29 is 14.5 Å². The van der Waals surface area contributed by atoms with E-state index in [4.69, 9.17) is 16.3 Å². The number of nitrogens with zero attached hydrogens (tertiary/aromatic N) is 3. The van der Waals surface area contributed by atoms with Crippen molar-refractivity contribution in [3.05, 3.63) is 57.0 Å². The smallest absolute Gasteiger partial charge is 0.342 e. The van der Waals surface area contributed by atoms with E-state index in [1.54, 1.807) is 31.2 Å². The number of esters is 1. The topological polar surface area (TPSA) is 87.3 Å². The van der Waals surface area contributed by atoms with Gasteiger partial charge in [-0.1, -0.05) is 11.6 Å². The maximum Gasteiger partial charge on any atom is 0.342 e. The van der Waals surface area contributed by atoms with Crippen molar-refractivity contribution in [2.24, 2.45) is 0 Å². The summed E-state index contributed by atoms with van der Waals surface area (Å²) >= 11 is 5.73. The molecule has 1 aromatic heterocycles. The molecule has 2 rings (SSSR count). The number of carbonyl (C=O) groups is 1. The van der Waals surface area contributed by atoms with E-state index in [1.165, 1.54) is 10.8 Å². The van der Waals surface area contributed by atoms with Crippen LogP contribution >= 0.6 is 11.6 Å². The minimum Gasteiger partial charge on any atom is -0.458 e. The molecule has 0 spiro atoms. The van der Waals surface area contributed by atoms with Crippen LogP contribution in [0.25, 0.3) is 0 Å². The average Bonchev–Trinajstić information content (AvgIpc) is 2.81. The molecule has 110 valence electrons. The molecule has 0 atom stereocenters. The SMILES string of the molecule is Cc1ncc([N+](=O)[O-])n1CCOC(=O)c1ccc(Cl)cc1. The Morgan fingerprint density at radius 2 is 2.10 bits per heavy atom. The highest BCUT2D eigenvalue weighted by Gasteiger charge is 2.17. The van der Waals surface area contributed by atoms with E-state index in [0.29, 0.717) is 16.4 Å². The second-order valence-electron chi connectivity index (χ2n) is 4.22. The molecule has 0 aliphatic rings. The fourth-order valence-electron chi connectivity index (χ4n) is 1.78. The first-order valence-electron chi connectivity index (χ1n) is 6.08. The molecule has 2 aromatic rings. The summed E-state index contributed by atoms with van der Waals surface area (Å²) in [4.78, 5) is 25.9. The fourth-order valence-corrected chi connectivity index (χ4v) is 1.90. The molecule has 0 fully saturated rings. The quantitative estimate of drug-likeness (QED) is 0.481. The van der Waals surface area contributed by atoms with E-state index in [9.17, 15) is 14.9 Å². The van der Waals surface area contributed by atoms with E-state index >= 15 is 0 Å². The number of halogens is 1.